The van der Waals surface area contributed by atoms with E-state index in [0.29, 0.717) is 5.69 Å². The summed E-state index contributed by atoms with van der Waals surface area (Å²) in [5, 5.41) is 12.0. The van der Waals surface area contributed by atoms with Gasteiger partial charge in [0, 0.05) is 12.4 Å². The highest BCUT2D eigenvalue weighted by Gasteiger charge is 2.17. The monoisotopic (exact) mass is 195 g/mol. The highest BCUT2D eigenvalue weighted by Crippen LogP contribution is 2.28. The molecule has 0 atom stereocenters. The highest BCUT2D eigenvalue weighted by molar-refractivity contribution is 7.16. The smallest absolute Gasteiger partial charge is 0.352 e. The van der Waals surface area contributed by atoms with Gasteiger partial charge < -0.3 is 9.67 Å². The Bertz CT molecular complexity index is 446. The minimum atomic E-state index is -0.858. The molecule has 0 aromatic carbocycles. The Kier molecular flexibility index (Phi) is 1.66. The van der Waals surface area contributed by atoms with Gasteiger partial charge in [-0.05, 0) is 23.9 Å². The number of carbonyl (C=O) groups is 1. The van der Waals surface area contributed by atoms with Gasteiger partial charge in [-0.2, -0.15) is 0 Å². The second kappa shape index (κ2) is 2.60. The SMILES string of the molecule is Cc1c(C(=O)O)n(C)c2sccc12. The van der Waals surface area contributed by atoms with Gasteiger partial charge in [0.15, 0.2) is 0 Å². The molecule has 3 nitrogen and oxygen atoms in total. The topological polar surface area (TPSA) is 42.2 Å². The first-order valence-electron chi connectivity index (χ1n) is 3.88. The molecule has 2 aromatic heterocycles. The third kappa shape index (κ3) is 0.986. The molecule has 2 heterocycles. The number of hydrogen-bond acceptors (Lipinski definition) is 2. The van der Waals surface area contributed by atoms with Gasteiger partial charge in [-0.15, -0.1) is 11.3 Å². The molecule has 0 aliphatic rings. The molecular formula is C9H9NO2S. The standard InChI is InChI=1S/C9H9NO2S/c1-5-6-3-4-13-8(6)10(2)7(5)9(11)12/h3-4H,1-2H3,(H,11,12). The third-order valence-corrected chi connectivity index (χ3v) is 3.24. The molecule has 0 aliphatic carbocycles. The molecule has 0 saturated carbocycles. The first-order chi connectivity index (χ1) is 6.13. The first kappa shape index (κ1) is 8.31. The molecule has 2 aromatic rings. The van der Waals surface area contributed by atoms with Crippen LogP contribution in [-0.4, -0.2) is 15.6 Å². The van der Waals surface area contributed by atoms with E-state index in [-0.39, 0.29) is 0 Å². The molecule has 0 bridgehead atoms. The number of carboxylic acid groups (broad SMARTS) is 1. The van der Waals surface area contributed by atoms with Crippen molar-refractivity contribution in [2.24, 2.45) is 7.05 Å². The van der Waals surface area contributed by atoms with Crippen molar-refractivity contribution in [2.45, 2.75) is 6.92 Å². The lowest BCUT2D eigenvalue weighted by Crippen LogP contribution is -2.05. The van der Waals surface area contributed by atoms with E-state index in [2.05, 4.69) is 0 Å². The number of rotatable bonds is 1. The quantitative estimate of drug-likeness (QED) is 0.758. The van der Waals surface area contributed by atoms with Crippen LogP contribution in [0.15, 0.2) is 11.4 Å². The Morgan fingerprint density at radius 1 is 1.62 bits per heavy atom. The molecule has 0 fully saturated rings. The fourth-order valence-corrected chi connectivity index (χ4v) is 2.56. The number of nitrogens with zero attached hydrogens (tertiary/aromatic N) is 1. The van der Waals surface area contributed by atoms with Crippen molar-refractivity contribution in [1.29, 1.82) is 0 Å². The number of aromatic nitrogens is 1. The van der Waals surface area contributed by atoms with Gasteiger partial charge in [-0.1, -0.05) is 0 Å². The molecule has 0 radical (unpaired) electrons. The molecule has 68 valence electrons. The minimum absolute atomic E-state index is 0.391. The third-order valence-electron chi connectivity index (χ3n) is 2.25. The van der Waals surface area contributed by atoms with Gasteiger partial charge in [-0.3, -0.25) is 0 Å². The maximum Gasteiger partial charge on any atom is 0.352 e. The van der Waals surface area contributed by atoms with E-state index in [1.807, 2.05) is 18.4 Å². The summed E-state index contributed by atoms with van der Waals surface area (Å²) >= 11 is 1.57. The van der Waals surface area contributed by atoms with Crippen LogP contribution in [0.25, 0.3) is 10.2 Å². The van der Waals surface area contributed by atoms with E-state index in [0.717, 1.165) is 15.8 Å². The van der Waals surface area contributed by atoms with E-state index < -0.39 is 5.97 Å². The molecule has 0 saturated heterocycles. The second-order valence-corrected chi connectivity index (χ2v) is 3.87. The number of aromatic carboxylic acids is 1. The summed E-state index contributed by atoms with van der Waals surface area (Å²) in [5.41, 5.74) is 1.24. The lowest BCUT2D eigenvalue weighted by atomic mass is 10.2. The van der Waals surface area contributed by atoms with Crippen LogP contribution in [-0.2, 0) is 7.05 Å². The molecule has 2 rings (SSSR count). The van der Waals surface area contributed by atoms with E-state index >= 15 is 0 Å². The summed E-state index contributed by atoms with van der Waals surface area (Å²) in [6.07, 6.45) is 0. The van der Waals surface area contributed by atoms with E-state index in [1.165, 1.54) is 0 Å². The van der Waals surface area contributed by atoms with Gasteiger partial charge in [0.2, 0.25) is 0 Å². The van der Waals surface area contributed by atoms with Crippen LogP contribution in [0, 0.1) is 6.92 Å². The molecule has 0 aliphatic heterocycles. The fourth-order valence-electron chi connectivity index (χ4n) is 1.63. The number of aryl methyl sites for hydroxylation is 2. The Labute approximate surface area is 79.2 Å². The number of carboxylic acids is 1. The average Bonchev–Trinajstić information content (AvgIpc) is 2.56. The first-order valence-corrected chi connectivity index (χ1v) is 4.76. The zero-order valence-corrected chi connectivity index (χ0v) is 8.18. The lowest BCUT2D eigenvalue weighted by molar-refractivity contribution is 0.0686. The van der Waals surface area contributed by atoms with Gasteiger partial charge in [0.1, 0.15) is 10.5 Å². The highest BCUT2D eigenvalue weighted by atomic mass is 32.1. The van der Waals surface area contributed by atoms with E-state index in [1.54, 1.807) is 23.0 Å². The van der Waals surface area contributed by atoms with Crippen LogP contribution < -0.4 is 0 Å². The molecule has 0 unspecified atom stereocenters. The maximum atomic E-state index is 10.9. The average molecular weight is 195 g/mol. The van der Waals surface area contributed by atoms with Crippen molar-refractivity contribution in [1.82, 2.24) is 4.57 Å². The molecule has 0 spiro atoms. The molecule has 4 heteroatoms. The number of hydrogen-bond donors (Lipinski definition) is 1. The lowest BCUT2D eigenvalue weighted by Gasteiger charge is -1.97. The van der Waals surface area contributed by atoms with Crippen molar-refractivity contribution in [3.05, 3.63) is 22.7 Å². The molecule has 1 N–H and O–H groups in total. The van der Waals surface area contributed by atoms with E-state index in [4.69, 9.17) is 5.11 Å². The van der Waals surface area contributed by atoms with Crippen molar-refractivity contribution in [2.75, 3.05) is 0 Å². The van der Waals surface area contributed by atoms with Crippen LogP contribution in [0.3, 0.4) is 0 Å². The molecule has 13 heavy (non-hydrogen) atoms. The summed E-state index contributed by atoms with van der Waals surface area (Å²) in [5.74, 6) is -0.858. The summed E-state index contributed by atoms with van der Waals surface area (Å²) in [6, 6.07) is 1.96. The van der Waals surface area contributed by atoms with Crippen LogP contribution in [0.1, 0.15) is 16.1 Å². The van der Waals surface area contributed by atoms with Crippen molar-refractivity contribution >= 4 is 27.5 Å². The van der Waals surface area contributed by atoms with Gasteiger partial charge in [0.25, 0.3) is 0 Å². The molecular weight excluding hydrogens is 186 g/mol. The summed E-state index contributed by atoms with van der Waals surface area (Å²) in [4.78, 5) is 11.9. The summed E-state index contributed by atoms with van der Waals surface area (Å²) in [7, 11) is 1.79. The van der Waals surface area contributed by atoms with E-state index in [9.17, 15) is 4.79 Å². The fraction of sp³-hybridized carbons (Fsp3) is 0.222. The van der Waals surface area contributed by atoms with Gasteiger partial charge in [-0.25, -0.2) is 4.79 Å². The summed E-state index contributed by atoms with van der Waals surface area (Å²) < 4.78 is 1.73. The van der Waals surface area contributed by atoms with Gasteiger partial charge >= 0.3 is 5.97 Å². The summed E-state index contributed by atoms with van der Waals surface area (Å²) in [6.45, 7) is 1.85. The van der Waals surface area contributed by atoms with Crippen molar-refractivity contribution in [3.63, 3.8) is 0 Å². The van der Waals surface area contributed by atoms with Crippen molar-refractivity contribution < 1.29 is 9.90 Å². The van der Waals surface area contributed by atoms with Gasteiger partial charge in [0.05, 0.1) is 0 Å². The van der Waals surface area contributed by atoms with Crippen LogP contribution >= 0.6 is 11.3 Å². The predicted molar refractivity (Wildman–Crippen MR) is 52.5 cm³/mol. The van der Waals surface area contributed by atoms with Crippen LogP contribution in [0.2, 0.25) is 0 Å². The second-order valence-electron chi connectivity index (χ2n) is 2.98. The maximum absolute atomic E-state index is 10.9. The van der Waals surface area contributed by atoms with Crippen LogP contribution in [0.5, 0.6) is 0 Å². The van der Waals surface area contributed by atoms with Crippen LogP contribution in [0.4, 0.5) is 0 Å². The Morgan fingerprint density at radius 3 is 2.85 bits per heavy atom. The number of fused-ring (bicyclic) bond motifs is 1. The largest absolute Gasteiger partial charge is 0.477 e. The number of thiophene rings is 1. The normalized spacial score (nSPS) is 10.9. The Hall–Kier alpha value is -1.29. The minimum Gasteiger partial charge on any atom is -0.477 e. The zero-order chi connectivity index (χ0) is 9.59. The zero-order valence-electron chi connectivity index (χ0n) is 7.37. The van der Waals surface area contributed by atoms with Crippen molar-refractivity contribution in [3.8, 4) is 0 Å². The molecule has 0 amide bonds. The Morgan fingerprint density at radius 2 is 2.31 bits per heavy atom. The Balaban J connectivity index is 2.89. The predicted octanol–water partition coefficient (Wildman–Crippen LogP) is 2.25.